The van der Waals surface area contributed by atoms with Crippen LogP contribution in [0.3, 0.4) is 0 Å². The number of likely N-dealkylation sites (tertiary alicyclic amines) is 1. The highest BCUT2D eigenvalue weighted by Gasteiger charge is 2.48. The maximum absolute atomic E-state index is 15.6. The van der Waals surface area contributed by atoms with E-state index in [9.17, 15) is 14.4 Å². The number of methoxy groups -OCH3 is 1. The highest BCUT2D eigenvalue weighted by atomic mass is 19.3. The predicted molar refractivity (Wildman–Crippen MR) is 153 cm³/mol. The number of benzene rings is 2. The number of fused-ring (bicyclic) bond motifs is 1. The number of carbonyl (C=O) groups is 3. The zero-order valence-electron chi connectivity index (χ0n) is 24.1. The maximum Gasteiger partial charge on any atom is 0.410 e. The summed E-state index contributed by atoms with van der Waals surface area (Å²) in [6.07, 6.45) is 2.43. The van der Waals surface area contributed by atoms with Crippen molar-refractivity contribution in [2.45, 2.75) is 57.6 Å². The van der Waals surface area contributed by atoms with Crippen molar-refractivity contribution < 1.29 is 32.6 Å². The lowest BCUT2D eigenvalue weighted by Crippen LogP contribution is -2.52. The van der Waals surface area contributed by atoms with E-state index < -0.39 is 36.1 Å². The molecule has 2 saturated heterocycles. The molecule has 5 rings (SSSR count). The normalized spacial score (nSPS) is 19.3. The second-order valence-corrected chi connectivity index (χ2v) is 11.6. The lowest BCUT2D eigenvalue weighted by atomic mass is 9.84. The van der Waals surface area contributed by atoms with Crippen LogP contribution in [0.5, 0.6) is 5.75 Å². The van der Waals surface area contributed by atoms with Gasteiger partial charge in [-0.15, -0.1) is 0 Å². The Labute approximate surface area is 243 Å². The number of anilines is 1. The highest BCUT2D eigenvalue weighted by Crippen LogP contribution is 2.44. The smallest absolute Gasteiger partial charge is 0.410 e. The van der Waals surface area contributed by atoms with Crippen LogP contribution in [0.4, 0.5) is 24.1 Å². The topological polar surface area (TPSA) is 92.3 Å². The third-order valence-electron chi connectivity index (χ3n) is 7.55. The molecule has 11 heteroatoms. The van der Waals surface area contributed by atoms with Gasteiger partial charge in [0.25, 0.3) is 5.92 Å². The molecule has 42 heavy (non-hydrogen) atoms. The van der Waals surface area contributed by atoms with Crippen LogP contribution in [-0.2, 0) is 16.1 Å². The molecule has 1 atom stereocenters. The van der Waals surface area contributed by atoms with Crippen molar-refractivity contribution in [1.29, 1.82) is 0 Å². The Morgan fingerprint density at radius 1 is 1.05 bits per heavy atom. The summed E-state index contributed by atoms with van der Waals surface area (Å²) in [6.45, 7) is 4.67. The van der Waals surface area contributed by atoms with Crippen LogP contribution in [0.2, 0.25) is 0 Å². The minimum absolute atomic E-state index is 0.0301. The average molecular weight is 581 g/mol. The van der Waals surface area contributed by atoms with Crippen molar-refractivity contribution >= 4 is 34.5 Å². The second kappa shape index (κ2) is 11.2. The summed E-state index contributed by atoms with van der Waals surface area (Å²) >= 11 is 0. The van der Waals surface area contributed by atoms with Crippen molar-refractivity contribution in [1.82, 2.24) is 14.8 Å². The van der Waals surface area contributed by atoms with E-state index in [1.54, 1.807) is 70.3 Å². The van der Waals surface area contributed by atoms with Gasteiger partial charge in [0.1, 0.15) is 11.4 Å². The van der Waals surface area contributed by atoms with Gasteiger partial charge in [0.15, 0.2) is 0 Å². The summed E-state index contributed by atoms with van der Waals surface area (Å²) in [5.74, 6) is -4.02. The number of hydrogen-bond donors (Lipinski definition) is 0. The Bertz CT molecular complexity index is 1510. The van der Waals surface area contributed by atoms with Gasteiger partial charge in [-0.3, -0.25) is 19.6 Å². The fourth-order valence-electron chi connectivity index (χ4n) is 5.51. The van der Waals surface area contributed by atoms with Gasteiger partial charge in [-0.25, -0.2) is 18.4 Å². The minimum Gasteiger partial charge on any atom is -0.497 e. The van der Waals surface area contributed by atoms with E-state index in [0.717, 1.165) is 10.5 Å². The number of imide groups is 1. The summed E-state index contributed by atoms with van der Waals surface area (Å²) in [5, 5.41) is 1.08. The van der Waals surface area contributed by atoms with Gasteiger partial charge in [0, 0.05) is 36.5 Å². The van der Waals surface area contributed by atoms with E-state index >= 15 is 8.78 Å². The zero-order valence-corrected chi connectivity index (χ0v) is 24.1. The molecule has 0 bridgehead atoms. The zero-order chi connectivity index (χ0) is 30.2. The average Bonchev–Trinajstić information content (AvgIpc) is 2.94. The number of piperidine rings is 1. The Kier molecular flexibility index (Phi) is 7.78. The number of halogens is 2. The Hall–Kier alpha value is -4.28. The van der Waals surface area contributed by atoms with Gasteiger partial charge in [-0.1, -0.05) is 30.3 Å². The molecule has 3 heterocycles. The van der Waals surface area contributed by atoms with Gasteiger partial charge < -0.3 is 14.4 Å². The molecule has 4 amide bonds. The molecule has 0 radical (unpaired) electrons. The van der Waals surface area contributed by atoms with Crippen LogP contribution in [0.15, 0.2) is 54.9 Å². The molecule has 0 spiro atoms. The number of aromatic nitrogens is 1. The van der Waals surface area contributed by atoms with Crippen LogP contribution in [0, 0.1) is 0 Å². The molecule has 2 aliphatic rings. The number of pyridine rings is 1. The van der Waals surface area contributed by atoms with Gasteiger partial charge in [0.2, 0.25) is 5.91 Å². The fourth-order valence-corrected chi connectivity index (χ4v) is 5.51. The van der Waals surface area contributed by atoms with E-state index in [1.165, 1.54) is 22.2 Å². The Balaban J connectivity index is 1.42. The van der Waals surface area contributed by atoms with Crippen LogP contribution in [0.1, 0.15) is 50.7 Å². The molecule has 1 unspecified atom stereocenters. The second-order valence-electron chi connectivity index (χ2n) is 11.6. The first-order valence-corrected chi connectivity index (χ1v) is 13.8. The Morgan fingerprint density at radius 3 is 2.45 bits per heavy atom. The molecule has 3 aromatic rings. The van der Waals surface area contributed by atoms with Crippen molar-refractivity contribution in [2.24, 2.45) is 0 Å². The van der Waals surface area contributed by atoms with Crippen LogP contribution in [-0.4, -0.2) is 71.1 Å². The monoisotopic (exact) mass is 580 g/mol. The first-order valence-electron chi connectivity index (χ1n) is 13.8. The van der Waals surface area contributed by atoms with Crippen LogP contribution >= 0.6 is 0 Å². The predicted octanol–water partition coefficient (Wildman–Crippen LogP) is 5.96. The lowest BCUT2D eigenvalue weighted by molar-refractivity contribution is -0.129. The molecule has 0 saturated carbocycles. The highest BCUT2D eigenvalue weighted by molar-refractivity contribution is 6.10. The van der Waals surface area contributed by atoms with E-state index in [4.69, 9.17) is 9.47 Å². The number of rotatable bonds is 5. The Morgan fingerprint density at radius 2 is 1.79 bits per heavy atom. The molecule has 2 aliphatic heterocycles. The summed E-state index contributed by atoms with van der Waals surface area (Å²) in [7, 11) is 1.56. The first-order chi connectivity index (χ1) is 19.9. The molecule has 0 N–H and O–H groups in total. The number of urea groups is 1. The van der Waals surface area contributed by atoms with Gasteiger partial charge in [-0.2, -0.15) is 0 Å². The van der Waals surface area contributed by atoms with Gasteiger partial charge >= 0.3 is 12.1 Å². The quantitative estimate of drug-likeness (QED) is 0.370. The third-order valence-corrected chi connectivity index (χ3v) is 7.55. The number of alkyl halides is 2. The number of ether oxygens (including phenoxy) is 2. The van der Waals surface area contributed by atoms with Gasteiger partial charge in [0.05, 0.1) is 38.0 Å². The van der Waals surface area contributed by atoms with Crippen LogP contribution in [0.25, 0.3) is 10.8 Å². The molecular weight excluding hydrogens is 546 g/mol. The summed E-state index contributed by atoms with van der Waals surface area (Å²) in [4.78, 5) is 46.9. The SMILES string of the molecule is COc1ccc(CN2C(=O)CCN(c3cncc4c(C5CCN(C(=O)OC(C)(C)C)CC5(F)F)cccc34)C2=O)cc1. The first kappa shape index (κ1) is 29.2. The van der Waals surface area contributed by atoms with Gasteiger partial charge in [-0.05, 0) is 50.5 Å². The third kappa shape index (κ3) is 5.86. The van der Waals surface area contributed by atoms with E-state index in [2.05, 4.69) is 4.98 Å². The molecular formula is C31H34F2N4O5. The molecule has 222 valence electrons. The largest absolute Gasteiger partial charge is 0.497 e. The van der Waals surface area contributed by atoms with Crippen molar-refractivity contribution in [3.05, 3.63) is 66.0 Å². The number of nitrogens with zero attached hydrogens (tertiary/aromatic N) is 4. The molecule has 2 fully saturated rings. The molecule has 9 nitrogen and oxygen atoms in total. The molecule has 2 aromatic carbocycles. The maximum atomic E-state index is 15.6. The van der Waals surface area contributed by atoms with Crippen molar-refractivity contribution in [3.63, 3.8) is 0 Å². The van der Waals surface area contributed by atoms with Crippen LogP contribution < -0.4 is 9.64 Å². The lowest BCUT2D eigenvalue weighted by Gasteiger charge is -2.39. The van der Waals surface area contributed by atoms with E-state index in [-0.39, 0.29) is 38.4 Å². The number of hydrogen-bond acceptors (Lipinski definition) is 6. The summed E-state index contributed by atoms with van der Waals surface area (Å²) < 4.78 is 41.7. The fraction of sp³-hybridized carbons (Fsp3) is 0.419. The van der Waals surface area contributed by atoms with E-state index in [0.29, 0.717) is 27.8 Å². The van der Waals surface area contributed by atoms with E-state index in [1.807, 2.05) is 0 Å². The van der Waals surface area contributed by atoms with Crippen molar-refractivity contribution in [2.75, 3.05) is 31.6 Å². The molecule has 0 aliphatic carbocycles. The number of carbonyl (C=O) groups excluding carboxylic acids is 3. The molecule has 1 aromatic heterocycles. The van der Waals surface area contributed by atoms with Crippen molar-refractivity contribution in [3.8, 4) is 5.75 Å². The summed E-state index contributed by atoms with van der Waals surface area (Å²) in [5.41, 5.74) is 0.812. The standard InChI is InChI=1S/C31H34F2N4O5/c1-30(2,3)42-29(40)35-14-12-25(31(32,33)19-35)22-6-5-7-23-24(22)16-34-17-26(23)36-15-13-27(38)37(28(36)39)18-20-8-10-21(41-4)11-9-20/h5-11,16-17,25H,12-15,18-19H2,1-4H3. The number of amides is 4. The summed E-state index contributed by atoms with van der Waals surface area (Å²) in [6, 6.07) is 11.7. The minimum atomic E-state index is -3.22.